The third-order valence-corrected chi connectivity index (χ3v) is 6.04. The molecule has 2 unspecified atom stereocenters. The van der Waals surface area contributed by atoms with Crippen molar-refractivity contribution < 1.29 is 0 Å². The average Bonchev–Trinajstić information content (AvgIpc) is 2.76. The molecule has 5 heteroatoms. The fourth-order valence-electron chi connectivity index (χ4n) is 2.27. The zero-order valence-corrected chi connectivity index (χ0v) is 13.3. The standard InChI is InChI=1S/C13H23N3S2/c1-5-11-12(8-14-4)18-13(15-11)16-6-7-17-10(3)9(16)2/h9-10,14H,5-8H2,1-4H3. The molecule has 1 fully saturated rings. The molecular weight excluding hydrogens is 262 g/mol. The topological polar surface area (TPSA) is 28.2 Å². The molecule has 0 saturated carbocycles. The van der Waals surface area contributed by atoms with Gasteiger partial charge in [0.05, 0.1) is 5.69 Å². The van der Waals surface area contributed by atoms with E-state index in [2.05, 4.69) is 42.7 Å². The molecule has 0 amide bonds. The molecule has 0 radical (unpaired) electrons. The Labute approximate surface area is 118 Å². The zero-order valence-electron chi connectivity index (χ0n) is 11.7. The van der Waals surface area contributed by atoms with Crippen molar-refractivity contribution in [2.75, 3.05) is 24.2 Å². The Bertz CT molecular complexity index is 392. The lowest BCUT2D eigenvalue weighted by Gasteiger charge is -2.37. The van der Waals surface area contributed by atoms with Crippen molar-refractivity contribution in [3.63, 3.8) is 0 Å². The normalized spacial score (nSPS) is 24.6. The van der Waals surface area contributed by atoms with Gasteiger partial charge in [-0.25, -0.2) is 4.98 Å². The predicted octanol–water partition coefficient (Wildman–Crippen LogP) is 2.76. The van der Waals surface area contributed by atoms with Crippen molar-refractivity contribution in [2.24, 2.45) is 0 Å². The van der Waals surface area contributed by atoms with E-state index in [1.54, 1.807) is 0 Å². The number of rotatable bonds is 4. The highest BCUT2D eigenvalue weighted by molar-refractivity contribution is 8.00. The molecule has 1 aromatic heterocycles. The van der Waals surface area contributed by atoms with Crippen LogP contribution in [0.15, 0.2) is 0 Å². The van der Waals surface area contributed by atoms with Crippen molar-refractivity contribution in [3.05, 3.63) is 10.6 Å². The Balaban J connectivity index is 2.21. The third-order valence-electron chi connectivity index (χ3n) is 3.57. The highest BCUT2D eigenvalue weighted by Gasteiger charge is 2.27. The van der Waals surface area contributed by atoms with Gasteiger partial charge >= 0.3 is 0 Å². The largest absolute Gasteiger partial charge is 0.343 e. The first-order valence-corrected chi connectivity index (χ1v) is 8.55. The van der Waals surface area contributed by atoms with Crippen LogP contribution in [0.2, 0.25) is 0 Å². The quantitative estimate of drug-likeness (QED) is 0.921. The van der Waals surface area contributed by atoms with Crippen LogP contribution in [0.4, 0.5) is 5.13 Å². The molecule has 2 atom stereocenters. The molecule has 2 heterocycles. The second-order valence-corrected chi connectivity index (χ2v) is 7.31. The van der Waals surface area contributed by atoms with Gasteiger partial charge in [-0.15, -0.1) is 11.3 Å². The minimum atomic E-state index is 0.585. The van der Waals surface area contributed by atoms with Gasteiger partial charge in [0.25, 0.3) is 0 Å². The Morgan fingerprint density at radius 2 is 2.22 bits per heavy atom. The molecule has 0 aromatic carbocycles. The molecule has 2 rings (SSSR count). The minimum Gasteiger partial charge on any atom is -0.343 e. The first kappa shape index (κ1) is 14.2. The Morgan fingerprint density at radius 3 is 2.89 bits per heavy atom. The van der Waals surface area contributed by atoms with Gasteiger partial charge in [0, 0.05) is 35.0 Å². The number of hydrogen-bond acceptors (Lipinski definition) is 5. The number of hydrogen-bond donors (Lipinski definition) is 1. The lowest BCUT2D eigenvalue weighted by atomic mass is 10.2. The summed E-state index contributed by atoms with van der Waals surface area (Å²) in [5.41, 5.74) is 1.27. The molecule has 0 bridgehead atoms. The molecular formula is C13H23N3S2. The van der Waals surface area contributed by atoms with Crippen molar-refractivity contribution in [1.29, 1.82) is 0 Å². The van der Waals surface area contributed by atoms with E-state index in [4.69, 9.17) is 4.98 Å². The van der Waals surface area contributed by atoms with Crippen LogP contribution < -0.4 is 10.2 Å². The van der Waals surface area contributed by atoms with Crippen LogP contribution >= 0.6 is 23.1 Å². The average molecular weight is 285 g/mol. The highest BCUT2D eigenvalue weighted by atomic mass is 32.2. The lowest BCUT2D eigenvalue weighted by molar-refractivity contribution is 0.625. The van der Waals surface area contributed by atoms with Crippen LogP contribution in [0.3, 0.4) is 0 Å². The van der Waals surface area contributed by atoms with Gasteiger partial charge in [0.2, 0.25) is 0 Å². The van der Waals surface area contributed by atoms with Crippen LogP contribution in [0, 0.1) is 0 Å². The fourth-order valence-corrected chi connectivity index (χ4v) is 4.65. The predicted molar refractivity (Wildman–Crippen MR) is 83.0 cm³/mol. The number of aryl methyl sites for hydroxylation is 1. The minimum absolute atomic E-state index is 0.585. The molecule has 1 aromatic rings. The van der Waals surface area contributed by atoms with Gasteiger partial charge in [-0.2, -0.15) is 11.8 Å². The molecule has 18 heavy (non-hydrogen) atoms. The van der Waals surface area contributed by atoms with Crippen molar-refractivity contribution >= 4 is 28.2 Å². The maximum atomic E-state index is 4.85. The summed E-state index contributed by atoms with van der Waals surface area (Å²) in [7, 11) is 2.00. The summed E-state index contributed by atoms with van der Waals surface area (Å²) in [6, 6.07) is 0.585. The van der Waals surface area contributed by atoms with E-state index < -0.39 is 0 Å². The number of nitrogens with zero attached hydrogens (tertiary/aromatic N) is 2. The summed E-state index contributed by atoms with van der Waals surface area (Å²) >= 11 is 3.94. The van der Waals surface area contributed by atoms with E-state index in [0.29, 0.717) is 11.3 Å². The molecule has 3 nitrogen and oxygen atoms in total. The summed E-state index contributed by atoms with van der Waals surface area (Å²) in [6.45, 7) is 8.90. The van der Waals surface area contributed by atoms with Crippen molar-refractivity contribution in [1.82, 2.24) is 10.3 Å². The second-order valence-electron chi connectivity index (χ2n) is 4.76. The molecule has 0 spiro atoms. The molecule has 1 N–H and O–H groups in total. The molecule has 1 aliphatic heterocycles. The number of aromatic nitrogens is 1. The summed E-state index contributed by atoms with van der Waals surface area (Å²) in [5.74, 6) is 1.22. The van der Waals surface area contributed by atoms with E-state index in [1.807, 2.05) is 18.4 Å². The van der Waals surface area contributed by atoms with Gasteiger partial charge in [-0.3, -0.25) is 0 Å². The van der Waals surface area contributed by atoms with Crippen LogP contribution in [0.1, 0.15) is 31.3 Å². The lowest BCUT2D eigenvalue weighted by Crippen LogP contribution is -2.44. The van der Waals surface area contributed by atoms with Crippen molar-refractivity contribution in [2.45, 2.75) is 45.0 Å². The number of thiazole rings is 1. The maximum Gasteiger partial charge on any atom is 0.186 e. The first-order valence-electron chi connectivity index (χ1n) is 6.68. The summed E-state index contributed by atoms with van der Waals surface area (Å²) in [4.78, 5) is 8.74. The Hall–Kier alpha value is -0.260. The van der Waals surface area contributed by atoms with Gasteiger partial charge in [0.15, 0.2) is 5.13 Å². The zero-order chi connectivity index (χ0) is 13.1. The third kappa shape index (κ3) is 2.83. The molecule has 0 aliphatic carbocycles. The fraction of sp³-hybridized carbons (Fsp3) is 0.769. The second kappa shape index (κ2) is 6.26. The maximum absolute atomic E-state index is 4.85. The summed E-state index contributed by atoms with van der Waals surface area (Å²) in [5, 5.41) is 5.16. The first-order chi connectivity index (χ1) is 8.67. The van der Waals surface area contributed by atoms with E-state index in [-0.39, 0.29) is 0 Å². The van der Waals surface area contributed by atoms with Gasteiger partial charge in [0.1, 0.15) is 0 Å². The van der Waals surface area contributed by atoms with E-state index in [1.165, 1.54) is 21.5 Å². The van der Waals surface area contributed by atoms with E-state index in [9.17, 15) is 0 Å². The van der Waals surface area contributed by atoms with Gasteiger partial charge in [-0.05, 0) is 20.4 Å². The van der Waals surface area contributed by atoms with Crippen molar-refractivity contribution in [3.8, 4) is 0 Å². The Morgan fingerprint density at radius 1 is 1.44 bits per heavy atom. The van der Waals surface area contributed by atoms with Crippen LogP contribution in [0.25, 0.3) is 0 Å². The highest BCUT2D eigenvalue weighted by Crippen LogP contribution is 2.33. The van der Waals surface area contributed by atoms with Gasteiger partial charge in [-0.1, -0.05) is 13.8 Å². The summed E-state index contributed by atoms with van der Waals surface area (Å²) in [6.07, 6.45) is 1.03. The number of nitrogens with one attached hydrogen (secondary N) is 1. The van der Waals surface area contributed by atoms with Crippen LogP contribution in [0.5, 0.6) is 0 Å². The number of thioether (sulfide) groups is 1. The Kier molecular flexibility index (Phi) is 4.92. The van der Waals surface area contributed by atoms with E-state index >= 15 is 0 Å². The SMILES string of the molecule is CCc1nc(N2CCSC(C)C2C)sc1CNC. The molecule has 1 aliphatic rings. The number of anilines is 1. The molecule has 102 valence electrons. The smallest absolute Gasteiger partial charge is 0.186 e. The van der Waals surface area contributed by atoms with Gasteiger partial charge < -0.3 is 10.2 Å². The monoisotopic (exact) mass is 285 g/mol. The molecule has 1 saturated heterocycles. The van der Waals surface area contributed by atoms with Crippen LogP contribution in [-0.4, -0.2) is 35.6 Å². The van der Waals surface area contributed by atoms with Crippen LogP contribution in [-0.2, 0) is 13.0 Å². The van der Waals surface area contributed by atoms with E-state index in [0.717, 1.165) is 19.5 Å². The summed E-state index contributed by atoms with van der Waals surface area (Å²) < 4.78 is 0.